The average molecular weight is 340 g/mol. The molecule has 0 saturated heterocycles. The highest BCUT2D eigenvalue weighted by molar-refractivity contribution is 7.89. The van der Waals surface area contributed by atoms with E-state index in [1.807, 2.05) is 0 Å². The van der Waals surface area contributed by atoms with Crippen LogP contribution in [0.15, 0.2) is 29.2 Å². The quantitative estimate of drug-likeness (QED) is 0.714. The van der Waals surface area contributed by atoms with Gasteiger partial charge in [0.05, 0.1) is 10.8 Å². The molecule has 1 aliphatic rings. The van der Waals surface area contributed by atoms with Crippen molar-refractivity contribution in [1.82, 2.24) is 10.0 Å². The Morgan fingerprint density at radius 3 is 2.39 bits per heavy atom. The topological polar surface area (TPSA) is 113 Å². The zero-order chi connectivity index (χ0) is 17.0. The molecule has 0 aliphatic heterocycles. The van der Waals surface area contributed by atoms with Crippen molar-refractivity contribution in [2.24, 2.45) is 5.92 Å². The van der Waals surface area contributed by atoms with Crippen LogP contribution >= 0.6 is 0 Å². The second kappa shape index (κ2) is 7.10. The van der Waals surface area contributed by atoms with Crippen LogP contribution in [0.3, 0.4) is 0 Å². The zero-order valence-electron chi connectivity index (χ0n) is 12.8. The molecule has 0 bridgehead atoms. The summed E-state index contributed by atoms with van der Waals surface area (Å²) in [6, 6.07) is 5.49. The normalized spacial score (nSPS) is 21.1. The second-order valence-corrected chi connectivity index (χ2v) is 7.31. The lowest BCUT2D eigenvalue weighted by molar-refractivity contribution is -0.141. The monoisotopic (exact) mass is 340 g/mol. The number of amides is 1. The molecule has 1 saturated carbocycles. The summed E-state index contributed by atoms with van der Waals surface area (Å²) in [5.74, 6) is -1.57. The lowest BCUT2D eigenvalue weighted by atomic mass is 10.1. The molecule has 3 N–H and O–H groups in total. The number of benzene rings is 1. The molecule has 8 heteroatoms. The van der Waals surface area contributed by atoms with Gasteiger partial charge in [0.15, 0.2) is 0 Å². The summed E-state index contributed by atoms with van der Waals surface area (Å²) < 4.78 is 26.0. The van der Waals surface area contributed by atoms with Crippen LogP contribution in [0.25, 0.3) is 0 Å². The molecule has 1 aromatic carbocycles. The van der Waals surface area contributed by atoms with Gasteiger partial charge >= 0.3 is 5.97 Å². The third-order valence-electron chi connectivity index (χ3n) is 3.88. The minimum absolute atomic E-state index is 0.0997. The van der Waals surface area contributed by atoms with Gasteiger partial charge in [-0.05, 0) is 43.5 Å². The largest absolute Gasteiger partial charge is 0.481 e. The number of sulfonamides is 1. The first-order chi connectivity index (χ1) is 10.8. The van der Waals surface area contributed by atoms with Gasteiger partial charge in [0, 0.05) is 18.2 Å². The predicted octanol–water partition coefficient (Wildman–Crippen LogP) is 0.968. The Labute approximate surface area is 135 Å². The van der Waals surface area contributed by atoms with E-state index < -0.39 is 21.9 Å². The Bertz CT molecular complexity index is 684. The molecule has 0 aromatic heterocycles. The van der Waals surface area contributed by atoms with Gasteiger partial charge in [-0.25, -0.2) is 13.1 Å². The predicted molar refractivity (Wildman–Crippen MR) is 83.5 cm³/mol. The van der Waals surface area contributed by atoms with Crippen LogP contribution in [0.5, 0.6) is 0 Å². The molecule has 1 fully saturated rings. The van der Waals surface area contributed by atoms with Gasteiger partial charge in [0.1, 0.15) is 0 Å². The standard InChI is InChI=1S/C15H20N2O5S/c1-2-16-23(21,22)13-7-4-10(5-8-13)14(18)17-12-6-3-11(9-12)15(19)20/h4-5,7-8,11-12,16H,2-3,6,9H2,1H3,(H,17,18)(H,19,20)/t11-,12+/m1/s1. The highest BCUT2D eigenvalue weighted by atomic mass is 32.2. The average Bonchev–Trinajstić information content (AvgIpc) is 2.96. The van der Waals surface area contributed by atoms with E-state index in [0.717, 1.165) is 0 Å². The number of rotatable bonds is 6. The van der Waals surface area contributed by atoms with Crippen LogP contribution in [-0.4, -0.2) is 38.0 Å². The van der Waals surface area contributed by atoms with Gasteiger partial charge in [-0.3, -0.25) is 9.59 Å². The van der Waals surface area contributed by atoms with E-state index in [4.69, 9.17) is 5.11 Å². The summed E-state index contributed by atoms with van der Waals surface area (Å²) in [5, 5.41) is 11.8. The zero-order valence-corrected chi connectivity index (χ0v) is 13.6. The van der Waals surface area contributed by atoms with E-state index in [-0.39, 0.29) is 23.4 Å². The van der Waals surface area contributed by atoms with Crippen LogP contribution in [0, 0.1) is 5.92 Å². The van der Waals surface area contributed by atoms with Crippen LogP contribution in [0.1, 0.15) is 36.5 Å². The molecule has 7 nitrogen and oxygen atoms in total. The van der Waals surface area contributed by atoms with E-state index in [1.54, 1.807) is 6.92 Å². The van der Waals surface area contributed by atoms with E-state index in [1.165, 1.54) is 24.3 Å². The summed E-state index contributed by atoms with van der Waals surface area (Å²) in [5.41, 5.74) is 0.347. The van der Waals surface area contributed by atoms with Crippen molar-refractivity contribution in [2.45, 2.75) is 37.1 Å². The van der Waals surface area contributed by atoms with Crippen LogP contribution in [0.4, 0.5) is 0 Å². The van der Waals surface area contributed by atoms with Gasteiger partial charge < -0.3 is 10.4 Å². The van der Waals surface area contributed by atoms with E-state index in [2.05, 4.69) is 10.0 Å². The maximum Gasteiger partial charge on any atom is 0.306 e. The Hall–Kier alpha value is -1.93. The lowest BCUT2D eigenvalue weighted by Gasteiger charge is -2.12. The molecule has 2 atom stereocenters. The fourth-order valence-corrected chi connectivity index (χ4v) is 3.71. The fourth-order valence-electron chi connectivity index (χ4n) is 2.66. The summed E-state index contributed by atoms with van der Waals surface area (Å²) in [4.78, 5) is 23.2. The fraction of sp³-hybridized carbons (Fsp3) is 0.467. The number of carbonyl (C=O) groups is 2. The van der Waals surface area contributed by atoms with Gasteiger partial charge in [0.25, 0.3) is 5.91 Å². The Morgan fingerprint density at radius 1 is 1.22 bits per heavy atom. The molecule has 2 rings (SSSR count). The number of aliphatic carboxylic acids is 1. The molecule has 1 amide bonds. The Balaban J connectivity index is 2.00. The number of carboxylic acids is 1. The van der Waals surface area contributed by atoms with E-state index in [0.29, 0.717) is 24.8 Å². The summed E-state index contributed by atoms with van der Waals surface area (Å²) in [6.45, 7) is 1.97. The van der Waals surface area contributed by atoms with Gasteiger partial charge in [0.2, 0.25) is 10.0 Å². The third-order valence-corrected chi connectivity index (χ3v) is 5.44. The van der Waals surface area contributed by atoms with E-state index >= 15 is 0 Å². The molecular weight excluding hydrogens is 320 g/mol. The van der Waals surface area contributed by atoms with Gasteiger partial charge in [-0.2, -0.15) is 0 Å². The number of hydrogen-bond donors (Lipinski definition) is 3. The molecular formula is C15H20N2O5S. The third kappa shape index (κ3) is 4.29. The number of carbonyl (C=O) groups excluding carboxylic acids is 1. The Kier molecular flexibility index (Phi) is 5.38. The first-order valence-electron chi connectivity index (χ1n) is 7.47. The van der Waals surface area contributed by atoms with Crippen molar-refractivity contribution >= 4 is 21.9 Å². The van der Waals surface area contributed by atoms with Crippen LogP contribution in [0.2, 0.25) is 0 Å². The Morgan fingerprint density at radius 2 is 1.87 bits per heavy atom. The van der Waals surface area contributed by atoms with Crippen molar-refractivity contribution in [3.8, 4) is 0 Å². The van der Waals surface area contributed by atoms with E-state index in [9.17, 15) is 18.0 Å². The van der Waals surface area contributed by atoms with Crippen molar-refractivity contribution in [3.63, 3.8) is 0 Å². The van der Waals surface area contributed by atoms with Gasteiger partial charge in [-0.15, -0.1) is 0 Å². The van der Waals surface area contributed by atoms with Crippen molar-refractivity contribution in [1.29, 1.82) is 0 Å². The highest BCUT2D eigenvalue weighted by Gasteiger charge is 2.30. The van der Waals surface area contributed by atoms with Gasteiger partial charge in [-0.1, -0.05) is 6.92 Å². The van der Waals surface area contributed by atoms with Crippen LogP contribution in [-0.2, 0) is 14.8 Å². The van der Waals surface area contributed by atoms with Crippen LogP contribution < -0.4 is 10.0 Å². The maximum absolute atomic E-state index is 12.1. The lowest BCUT2D eigenvalue weighted by Crippen LogP contribution is -2.33. The number of nitrogens with one attached hydrogen (secondary N) is 2. The molecule has 0 spiro atoms. The first kappa shape index (κ1) is 17.4. The second-order valence-electron chi connectivity index (χ2n) is 5.54. The molecule has 0 unspecified atom stereocenters. The summed E-state index contributed by atoms with van der Waals surface area (Å²) >= 11 is 0. The number of hydrogen-bond acceptors (Lipinski definition) is 4. The minimum Gasteiger partial charge on any atom is -0.481 e. The smallest absolute Gasteiger partial charge is 0.306 e. The highest BCUT2D eigenvalue weighted by Crippen LogP contribution is 2.25. The van der Waals surface area contributed by atoms with Crippen molar-refractivity contribution in [2.75, 3.05) is 6.54 Å². The molecule has 1 aliphatic carbocycles. The van der Waals surface area contributed by atoms with Crippen molar-refractivity contribution < 1.29 is 23.1 Å². The SMILES string of the molecule is CCNS(=O)(=O)c1ccc(C(=O)N[C@H]2CC[C@@H](C(=O)O)C2)cc1. The molecule has 0 radical (unpaired) electrons. The molecule has 1 aromatic rings. The molecule has 23 heavy (non-hydrogen) atoms. The first-order valence-corrected chi connectivity index (χ1v) is 8.95. The van der Waals surface area contributed by atoms with Crippen molar-refractivity contribution in [3.05, 3.63) is 29.8 Å². The molecule has 126 valence electrons. The summed E-state index contributed by atoms with van der Waals surface area (Å²) in [7, 11) is -3.54. The summed E-state index contributed by atoms with van der Waals surface area (Å²) in [6.07, 6.45) is 1.61. The minimum atomic E-state index is -3.54. The molecule has 0 heterocycles. The number of carboxylic acid groups (broad SMARTS) is 1. The maximum atomic E-state index is 12.1.